The van der Waals surface area contributed by atoms with Crippen molar-refractivity contribution in [2.75, 3.05) is 96.0 Å². The quantitative estimate of drug-likeness (QED) is 0.552. The highest BCUT2D eigenvalue weighted by Crippen LogP contribution is 2.30. The fourth-order valence-corrected chi connectivity index (χ4v) is 5.49. The van der Waals surface area contributed by atoms with Gasteiger partial charge >= 0.3 is 6.03 Å². The van der Waals surface area contributed by atoms with Crippen LogP contribution in [0.2, 0.25) is 0 Å². The Morgan fingerprint density at radius 3 is 2.32 bits per heavy atom. The van der Waals surface area contributed by atoms with Gasteiger partial charge in [0, 0.05) is 64.5 Å². The van der Waals surface area contributed by atoms with E-state index in [0.717, 1.165) is 36.5 Å². The normalized spacial score (nSPS) is 18.1. The largest absolute Gasteiger partial charge is 0.497 e. The number of urea groups is 1. The standard InChI is InChI=1S/C30H40N6O5/c1-40-25-6-3-23(4-7-25)21-28(37)32-26-22-24(29(38)34-11-2-9-31-10-12-34)5-8-27(26)33-13-15-35(16-14-33)30(39)36-17-19-41-20-18-36/h3-8,22,31H,2,9-21H2,1H3,(H,32,37). The van der Waals surface area contributed by atoms with Gasteiger partial charge in [0.15, 0.2) is 0 Å². The number of nitrogens with one attached hydrogen (secondary N) is 2. The van der Waals surface area contributed by atoms with Crippen LogP contribution < -0.4 is 20.3 Å². The van der Waals surface area contributed by atoms with Crippen LogP contribution in [0.15, 0.2) is 42.5 Å². The minimum Gasteiger partial charge on any atom is -0.497 e. The highest BCUT2D eigenvalue weighted by Gasteiger charge is 2.28. The lowest BCUT2D eigenvalue weighted by molar-refractivity contribution is -0.115. The van der Waals surface area contributed by atoms with Crippen molar-refractivity contribution >= 4 is 29.2 Å². The van der Waals surface area contributed by atoms with Gasteiger partial charge in [-0.3, -0.25) is 9.59 Å². The second-order valence-electron chi connectivity index (χ2n) is 10.6. The van der Waals surface area contributed by atoms with E-state index in [-0.39, 0.29) is 24.3 Å². The summed E-state index contributed by atoms with van der Waals surface area (Å²) in [7, 11) is 1.61. The Balaban J connectivity index is 1.31. The van der Waals surface area contributed by atoms with E-state index in [0.29, 0.717) is 76.8 Å². The Morgan fingerprint density at radius 1 is 0.854 bits per heavy atom. The molecule has 2 N–H and O–H groups in total. The minimum absolute atomic E-state index is 0.0353. The molecule has 5 rings (SSSR count). The Morgan fingerprint density at radius 2 is 1.59 bits per heavy atom. The molecule has 2 aromatic carbocycles. The number of carbonyl (C=O) groups is 3. The number of piperazine rings is 1. The molecule has 0 aliphatic carbocycles. The number of nitrogens with zero attached hydrogens (tertiary/aromatic N) is 4. The monoisotopic (exact) mass is 564 g/mol. The summed E-state index contributed by atoms with van der Waals surface area (Å²) in [5, 5.41) is 6.42. The van der Waals surface area contributed by atoms with Gasteiger partial charge in [0.25, 0.3) is 5.91 Å². The van der Waals surface area contributed by atoms with E-state index < -0.39 is 0 Å². The van der Waals surface area contributed by atoms with Gasteiger partial charge in [-0.2, -0.15) is 0 Å². The van der Waals surface area contributed by atoms with Gasteiger partial charge in [-0.1, -0.05) is 12.1 Å². The molecule has 3 aliphatic heterocycles. The minimum atomic E-state index is -0.166. The van der Waals surface area contributed by atoms with Crippen LogP contribution in [0.1, 0.15) is 22.3 Å². The molecule has 3 heterocycles. The number of rotatable bonds is 6. The number of carbonyl (C=O) groups excluding carboxylic acids is 3. The zero-order valence-corrected chi connectivity index (χ0v) is 23.8. The number of hydrogen-bond acceptors (Lipinski definition) is 7. The highest BCUT2D eigenvalue weighted by atomic mass is 16.5. The predicted octanol–water partition coefficient (Wildman–Crippen LogP) is 1.89. The Kier molecular flexibility index (Phi) is 9.58. The Labute approximate surface area is 241 Å². The summed E-state index contributed by atoms with van der Waals surface area (Å²) >= 11 is 0. The molecular formula is C30H40N6O5. The van der Waals surface area contributed by atoms with Crippen molar-refractivity contribution in [3.8, 4) is 5.75 Å². The van der Waals surface area contributed by atoms with Crippen molar-refractivity contribution in [2.24, 2.45) is 0 Å². The molecule has 3 aliphatic rings. The molecule has 220 valence electrons. The lowest BCUT2D eigenvalue weighted by atomic mass is 10.1. The van der Waals surface area contributed by atoms with Crippen LogP contribution in [-0.2, 0) is 16.0 Å². The maximum atomic E-state index is 13.4. The highest BCUT2D eigenvalue weighted by molar-refractivity contribution is 6.00. The molecule has 0 unspecified atom stereocenters. The number of amides is 4. The van der Waals surface area contributed by atoms with Gasteiger partial charge in [0.1, 0.15) is 5.75 Å². The maximum absolute atomic E-state index is 13.4. The van der Waals surface area contributed by atoms with E-state index >= 15 is 0 Å². The molecule has 0 aromatic heterocycles. The molecular weight excluding hydrogens is 524 g/mol. The summed E-state index contributed by atoms with van der Waals surface area (Å²) in [6.45, 7) is 7.81. The third kappa shape index (κ3) is 7.28. The molecule has 11 nitrogen and oxygen atoms in total. The Bertz CT molecular complexity index is 1200. The van der Waals surface area contributed by atoms with E-state index in [9.17, 15) is 14.4 Å². The molecule has 0 bridgehead atoms. The van der Waals surface area contributed by atoms with Crippen LogP contribution in [0.3, 0.4) is 0 Å². The second kappa shape index (κ2) is 13.7. The first-order valence-electron chi connectivity index (χ1n) is 14.4. The lowest BCUT2D eigenvalue weighted by Crippen LogP contribution is -2.54. The predicted molar refractivity (Wildman–Crippen MR) is 157 cm³/mol. The molecule has 0 atom stereocenters. The molecule has 4 amide bonds. The summed E-state index contributed by atoms with van der Waals surface area (Å²) in [5.74, 6) is 0.533. The molecule has 2 aromatic rings. The van der Waals surface area contributed by atoms with Crippen molar-refractivity contribution in [1.29, 1.82) is 0 Å². The number of morpholine rings is 1. The van der Waals surface area contributed by atoms with Crippen LogP contribution in [0.4, 0.5) is 16.2 Å². The number of ether oxygens (including phenoxy) is 2. The molecule has 3 fully saturated rings. The third-order valence-electron chi connectivity index (χ3n) is 7.84. The molecule has 0 spiro atoms. The van der Waals surface area contributed by atoms with Crippen molar-refractivity contribution < 1.29 is 23.9 Å². The van der Waals surface area contributed by atoms with Gasteiger partial charge in [0.05, 0.1) is 38.1 Å². The van der Waals surface area contributed by atoms with Crippen LogP contribution in [-0.4, -0.2) is 118 Å². The topological polar surface area (TPSA) is 107 Å². The number of hydrogen-bond donors (Lipinski definition) is 2. The summed E-state index contributed by atoms with van der Waals surface area (Å²) in [6, 6.07) is 13.0. The summed E-state index contributed by atoms with van der Waals surface area (Å²) in [6.07, 6.45) is 1.10. The van der Waals surface area contributed by atoms with E-state index in [1.165, 1.54) is 0 Å². The first kappa shape index (κ1) is 28.7. The zero-order valence-electron chi connectivity index (χ0n) is 23.8. The fraction of sp³-hybridized carbons (Fsp3) is 0.500. The van der Waals surface area contributed by atoms with Gasteiger partial charge in [-0.25, -0.2) is 4.79 Å². The lowest BCUT2D eigenvalue weighted by Gasteiger charge is -2.39. The van der Waals surface area contributed by atoms with Gasteiger partial charge in [-0.15, -0.1) is 0 Å². The van der Waals surface area contributed by atoms with Crippen LogP contribution in [0.5, 0.6) is 5.75 Å². The molecule has 11 heteroatoms. The van der Waals surface area contributed by atoms with Crippen molar-refractivity contribution in [2.45, 2.75) is 12.8 Å². The summed E-state index contributed by atoms with van der Waals surface area (Å²) in [4.78, 5) is 47.3. The zero-order chi connectivity index (χ0) is 28.6. The maximum Gasteiger partial charge on any atom is 0.320 e. The van der Waals surface area contributed by atoms with E-state index in [4.69, 9.17) is 9.47 Å². The van der Waals surface area contributed by atoms with Gasteiger partial charge in [-0.05, 0) is 48.9 Å². The first-order valence-corrected chi connectivity index (χ1v) is 14.4. The summed E-state index contributed by atoms with van der Waals surface area (Å²) in [5.41, 5.74) is 2.87. The molecule has 3 saturated heterocycles. The van der Waals surface area contributed by atoms with E-state index in [1.807, 2.05) is 51.1 Å². The SMILES string of the molecule is COc1ccc(CC(=O)Nc2cc(C(=O)N3CCCNCC3)ccc2N2CCN(C(=O)N3CCOCC3)CC2)cc1. The molecule has 0 radical (unpaired) electrons. The average molecular weight is 565 g/mol. The van der Waals surface area contributed by atoms with Crippen molar-refractivity contribution in [3.63, 3.8) is 0 Å². The third-order valence-corrected chi connectivity index (χ3v) is 7.84. The second-order valence-corrected chi connectivity index (χ2v) is 10.6. The average Bonchev–Trinajstić information content (AvgIpc) is 3.31. The molecule has 41 heavy (non-hydrogen) atoms. The van der Waals surface area contributed by atoms with Crippen LogP contribution in [0, 0.1) is 0 Å². The number of methoxy groups -OCH3 is 1. The smallest absolute Gasteiger partial charge is 0.320 e. The number of anilines is 2. The number of benzene rings is 2. The Hall–Kier alpha value is -3.83. The van der Waals surface area contributed by atoms with Crippen molar-refractivity contribution in [1.82, 2.24) is 20.0 Å². The summed E-state index contributed by atoms with van der Waals surface area (Å²) < 4.78 is 10.6. The van der Waals surface area contributed by atoms with Gasteiger partial charge < -0.3 is 39.7 Å². The first-order chi connectivity index (χ1) is 20.0. The molecule has 0 saturated carbocycles. The van der Waals surface area contributed by atoms with E-state index in [1.54, 1.807) is 13.2 Å². The van der Waals surface area contributed by atoms with Crippen LogP contribution >= 0.6 is 0 Å². The van der Waals surface area contributed by atoms with Crippen molar-refractivity contribution in [3.05, 3.63) is 53.6 Å². The fourth-order valence-electron chi connectivity index (χ4n) is 5.49. The van der Waals surface area contributed by atoms with Crippen LogP contribution in [0.25, 0.3) is 0 Å². The van der Waals surface area contributed by atoms with E-state index in [2.05, 4.69) is 15.5 Å². The van der Waals surface area contributed by atoms with Gasteiger partial charge in [0.2, 0.25) is 5.91 Å².